The van der Waals surface area contributed by atoms with Crippen LogP contribution < -0.4 is 13.8 Å². The van der Waals surface area contributed by atoms with E-state index in [2.05, 4.69) is 116 Å². The molecule has 8 rings (SSSR count). The van der Waals surface area contributed by atoms with Crippen molar-refractivity contribution in [2.75, 3.05) is 4.90 Å². The van der Waals surface area contributed by atoms with Crippen molar-refractivity contribution in [3.05, 3.63) is 148 Å². The summed E-state index contributed by atoms with van der Waals surface area (Å²) in [6.07, 6.45) is 0. The van der Waals surface area contributed by atoms with Crippen LogP contribution in [0.2, 0.25) is 0 Å². The average Bonchev–Trinajstić information content (AvgIpc) is 2.92. The van der Waals surface area contributed by atoms with E-state index in [0.29, 0.717) is 0 Å². The molecule has 0 bridgehead atoms. The van der Waals surface area contributed by atoms with Crippen molar-refractivity contribution >= 4 is 46.7 Å². The van der Waals surface area contributed by atoms with Gasteiger partial charge in [-0.1, -0.05) is 0 Å². The van der Waals surface area contributed by atoms with E-state index in [-0.39, 0.29) is 20.7 Å². The van der Waals surface area contributed by atoms with Gasteiger partial charge in [-0.3, -0.25) is 0 Å². The molecule has 0 aromatic heterocycles. The van der Waals surface area contributed by atoms with Gasteiger partial charge in [-0.25, -0.2) is 0 Å². The molecule has 2 nitrogen and oxygen atoms in total. The Kier molecular flexibility index (Phi) is 4.19. The summed E-state index contributed by atoms with van der Waals surface area (Å²) in [6, 6.07) is 37.3. The van der Waals surface area contributed by atoms with Gasteiger partial charge in [0, 0.05) is 0 Å². The Balaban J connectivity index is 1.60. The number of hydrogen-bond donors (Lipinski definition) is 0. The summed E-state index contributed by atoms with van der Waals surface area (Å²) in [5, 5.41) is 0. The minimum atomic E-state index is -0.570. The first-order chi connectivity index (χ1) is 18.1. The zero-order valence-corrected chi connectivity index (χ0v) is 22.3. The molecule has 1 unspecified atom stereocenters. The summed E-state index contributed by atoms with van der Waals surface area (Å²) in [5.74, 6) is 0.124. The van der Waals surface area contributed by atoms with Gasteiger partial charge in [0.15, 0.2) is 0 Å². The molecule has 5 aromatic carbocycles. The SMILES string of the molecule is Cc1ccc2c(c1)C(=O)c1ccc(C)cc1C21c2ccccc2N2c3ccccc3[Se]c3cccc1c32. The Morgan fingerprint density at radius 3 is 2.19 bits per heavy atom. The number of nitrogens with zero attached hydrogens (tertiary/aromatic N) is 1. The van der Waals surface area contributed by atoms with Crippen LogP contribution in [0, 0.1) is 13.8 Å². The number of carbonyl (C=O) groups is 1. The summed E-state index contributed by atoms with van der Waals surface area (Å²) in [5.41, 5.74) is 11.8. The van der Waals surface area contributed by atoms with E-state index in [4.69, 9.17) is 0 Å². The van der Waals surface area contributed by atoms with Gasteiger partial charge in [0.2, 0.25) is 0 Å². The van der Waals surface area contributed by atoms with E-state index in [1.807, 2.05) is 6.07 Å². The fourth-order valence-electron chi connectivity index (χ4n) is 6.70. The third-order valence-electron chi connectivity index (χ3n) is 8.15. The first kappa shape index (κ1) is 21.2. The number of fused-ring (bicyclic) bond motifs is 10. The molecule has 1 atom stereocenters. The van der Waals surface area contributed by atoms with Crippen LogP contribution in [0.3, 0.4) is 0 Å². The van der Waals surface area contributed by atoms with Crippen LogP contribution in [-0.4, -0.2) is 20.7 Å². The second kappa shape index (κ2) is 7.32. The Labute approximate surface area is 222 Å². The van der Waals surface area contributed by atoms with Gasteiger partial charge >= 0.3 is 223 Å². The van der Waals surface area contributed by atoms with E-state index in [0.717, 1.165) is 27.8 Å². The molecule has 0 amide bonds. The molecule has 0 radical (unpaired) electrons. The first-order valence-corrected chi connectivity index (χ1v) is 14.4. The average molecular weight is 541 g/mol. The van der Waals surface area contributed by atoms with Crippen LogP contribution >= 0.6 is 0 Å². The maximum atomic E-state index is 14.0. The Hall–Kier alpha value is -3.91. The number of rotatable bonds is 0. The molecule has 2 aliphatic heterocycles. The van der Waals surface area contributed by atoms with Crippen LogP contribution in [0.4, 0.5) is 17.1 Å². The molecule has 2 heterocycles. The number of hydrogen-bond acceptors (Lipinski definition) is 2. The van der Waals surface area contributed by atoms with E-state index in [1.54, 1.807) is 0 Å². The Bertz CT molecular complexity index is 1820. The number of para-hydroxylation sites is 3. The monoisotopic (exact) mass is 541 g/mol. The molecule has 176 valence electrons. The van der Waals surface area contributed by atoms with Crippen molar-refractivity contribution in [3.8, 4) is 0 Å². The van der Waals surface area contributed by atoms with Crippen molar-refractivity contribution in [1.82, 2.24) is 0 Å². The molecule has 3 aliphatic rings. The van der Waals surface area contributed by atoms with Crippen molar-refractivity contribution in [3.63, 3.8) is 0 Å². The predicted molar refractivity (Wildman–Crippen MR) is 151 cm³/mol. The summed E-state index contributed by atoms with van der Waals surface area (Å²) >= 11 is 0.196. The van der Waals surface area contributed by atoms with Gasteiger partial charge in [-0.05, 0) is 0 Å². The van der Waals surface area contributed by atoms with Crippen LogP contribution in [0.15, 0.2) is 103 Å². The van der Waals surface area contributed by atoms with Gasteiger partial charge in [-0.15, -0.1) is 0 Å². The van der Waals surface area contributed by atoms with Gasteiger partial charge in [0.1, 0.15) is 0 Å². The third kappa shape index (κ3) is 2.58. The summed E-state index contributed by atoms with van der Waals surface area (Å²) in [4.78, 5) is 16.5. The number of benzene rings is 5. The summed E-state index contributed by atoms with van der Waals surface area (Å²) in [6.45, 7) is 4.20. The maximum absolute atomic E-state index is 14.0. The normalized spacial score (nSPS) is 18.0. The Morgan fingerprint density at radius 1 is 0.595 bits per heavy atom. The Morgan fingerprint density at radius 2 is 1.30 bits per heavy atom. The second-order valence-electron chi connectivity index (χ2n) is 10.3. The summed E-state index contributed by atoms with van der Waals surface area (Å²) < 4.78 is 2.79. The molecule has 0 saturated carbocycles. The van der Waals surface area contributed by atoms with Crippen LogP contribution in [-0.2, 0) is 5.41 Å². The zero-order valence-electron chi connectivity index (χ0n) is 20.6. The van der Waals surface area contributed by atoms with E-state index < -0.39 is 5.41 Å². The predicted octanol–water partition coefficient (Wildman–Crippen LogP) is 5.98. The quantitative estimate of drug-likeness (QED) is 0.221. The van der Waals surface area contributed by atoms with Crippen molar-refractivity contribution < 1.29 is 4.79 Å². The molecule has 1 spiro atoms. The molecule has 0 fully saturated rings. The molecule has 5 aromatic rings. The molecule has 37 heavy (non-hydrogen) atoms. The van der Waals surface area contributed by atoms with Crippen LogP contribution in [0.5, 0.6) is 0 Å². The summed E-state index contributed by atoms with van der Waals surface area (Å²) in [7, 11) is 0. The fourth-order valence-corrected chi connectivity index (χ4v) is 8.99. The van der Waals surface area contributed by atoms with Crippen LogP contribution in [0.25, 0.3) is 0 Å². The number of carbonyl (C=O) groups excluding carboxylic acids is 1. The topological polar surface area (TPSA) is 20.3 Å². The first-order valence-electron chi connectivity index (χ1n) is 12.7. The number of ketones is 1. The van der Waals surface area contributed by atoms with E-state index >= 15 is 0 Å². The minimum absolute atomic E-state index is 0.124. The number of anilines is 3. The van der Waals surface area contributed by atoms with Gasteiger partial charge in [0.25, 0.3) is 0 Å². The van der Waals surface area contributed by atoms with E-state index in [1.165, 1.54) is 42.7 Å². The third-order valence-corrected chi connectivity index (χ3v) is 10.5. The van der Waals surface area contributed by atoms with Crippen LogP contribution in [0.1, 0.15) is 49.3 Å². The van der Waals surface area contributed by atoms with Crippen molar-refractivity contribution in [2.24, 2.45) is 0 Å². The molecular weight excluding hydrogens is 517 g/mol. The van der Waals surface area contributed by atoms with Crippen molar-refractivity contribution in [2.45, 2.75) is 19.3 Å². The van der Waals surface area contributed by atoms with Gasteiger partial charge < -0.3 is 0 Å². The fraction of sp³-hybridized carbons (Fsp3) is 0.0882. The molecular formula is C34H23NOSe. The standard InChI is InChI=1S/C34H23NOSe/c1-20-15-17-24-23(18-20)33(36)22-16-14-21(2)19-27(22)34(24)25-8-3-4-10-28(25)35-29-11-5-6-12-30(29)37-31-13-7-9-26(34)32(31)35/h3-19H,1-2H3. The second-order valence-corrected chi connectivity index (χ2v) is 12.5. The molecule has 1 aliphatic carbocycles. The zero-order chi connectivity index (χ0) is 24.9. The van der Waals surface area contributed by atoms with Crippen molar-refractivity contribution in [1.29, 1.82) is 0 Å². The molecule has 0 saturated heterocycles. The van der Waals surface area contributed by atoms with Gasteiger partial charge in [-0.2, -0.15) is 0 Å². The van der Waals surface area contributed by atoms with E-state index in [9.17, 15) is 4.79 Å². The number of aryl methyl sites for hydroxylation is 2. The molecule has 0 N–H and O–H groups in total. The van der Waals surface area contributed by atoms with Gasteiger partial charge in [0.05, 0.1) is 0 Å². The molecule has 3 heteroatoms.